The molecule has 0 radical (unpaired) electrons. The summed E-state index contributed by atoms with van der Waals surface area (Å²) < 4.78 is 12.3. The number of unbranched alkanes of at least 4 members (excludes halogenated alkanes) is 15. The van der Waals surface area contributed by atoms with E-state index in [-0.39, 0.29) is 35.8 Å². The summed E-state index contributed by atoms with van der Waals surface area (Å²) in [7, 11) is 1.91. The van der Waals surface area contributed by atoms with Crippen LogP contribution in [0.4, 0.5) is 0 Å². The Morgan fingerprint density at radius 2 is 1.16 bits per heavy atom. The number of carbonyl (C=O) groups excluding carboxylic acids is 2. The fraction of sp³-hybridized carbons (Fsp3) is 0.860. The van der Waals surface area contributed by atoms with Crippen LogP contribution in [0, 0.1) is 35.5 Å². The minimum atomic E-state index is -0.131. The Labute approximate surface area is 386 Å². The third kappa shape index (κ3) is 29.5. The average molecular weight is 868 g/mol. The molecule has 0 amide bonds. The Morgan fingerprint density at radius 3 is 1.71 bits per heavy atom. The standard InChI is InChI=1S/C57H105NO4/c1-10-14-18-21-23-28-34-51(33-27-20-16-12-3)48(7)39-40-50(44-49(8)52(35-29-24-22-19-15-11-2)36-30-25-26-32-47(5)6)46-61-57(60)45-53-41-42-55(54(53)37-17-13-4)62-56(59)38-31-43-58-9/h13,17,47,50-55,58H,7-8,10-12,14-16,18-46H2,1-6,9H3/b17-13-. The van der Waals surface area contributed by atoms with Crippen LogP contribution in [-0.2, 0) is 19.1 Å². The van der Waals surface area contributed by atoms with Crippen LogP contribution in [-0.4, -0.2) is 38.2 Å². The molecule has 0 bridgehead atoms. The smallest absolute Gasteiger partial charge is 0.306 e. The van der Waals surface area contributed by atoms with Gasteiger partial charge in [0.05, 0.1) is 6.61 Å². The van der Waals surface area contributed by atoms with E-state index in [1.807, 2.05) is 14.0 Å². The van der Waals surface area contributed by atoms with Crippen molar-refractivity contribution in [1.29, 1.82) is 0 Å². The molecule has 1 saturated carbocycles. The molecular weight excluding hydrogens is 763 g/mol. The SMILES string of the molecule is C=C(CCC(COC(=O)CC1CCC(OC(=O)CCCNC)C1C/C=C\C)CC(=C)C(CCCCCCCC)CCCCCC(C)C)C(CCCCCC)CCCCCCCC. The molecule has 1 aliphatic carbocycles. The summed E-state index contributed by atoms with van der Waals surface area (Å²) in [6.07, 6.45) is 42.6. The molecule has 362 valence electrons. The highest BCUT2D eigenvalue weighted by Gasteiger charge is 2.39. The molecule has 5 heteroatoms. The highest BCUT2D eigenvalue weighted by atomic mass is 16.5. The van der Waals surface area contributed by atoms with Gasteiger partial charge in [0.15, 0.2) is 0 Å². The van der Waals surface area contributed by atoms with Gasteiger partial charge in [0.1, 0.15) is 6.10 Å². The summed E-state index contributed by atoms with van der Waals surface area (Å²) in [5.41, 5.74) is 2.81. The van der Waals surface area contributed by atoms with Gasteiger partial charge in [-0.1, -0.05) is 199 Å². The lowest BCUT2D eigenvalue weighted by Crippen LogP contribution is -2.27. The molecule has 1 N–H and O–H groups in total. The zero-order valence-electron chi connectivity index (χ0n) is 42.5. The molecule has 5 nitrogen and oxygen atoms in total. The maximum absolute atomic E-state index is 13.8. The van der Waals surface area contributed by atoms with Crippen LogP contribution in [0.2, 0.25) is 0 Å². The van der Waals surface area contributed by atoms with Crippen molar-refractivity contribution in [2.45, 2.75) is 260 Å². The lowest BCUT2D eigenvalue weighted by atomic mass is 9.81. The van der Waals surface area contributed by atoms with Crippen molar-refractivity contribution < 1.29 is 19.1 Å². The van der Waals surface area contributed by atoms with Gasteiger partial charge >= 0.3 is 11.9 Å². The zero-order chi connectivity index (χ0) is 45.6. The molecule has 0 aromatic carbocycles. The number of carbonyl (C=O) groups is 2. The maximum Gasteiger partial charge on any atom is 0.306 e. The van der Waals surface area contributed by atoms with Crippen molar-refractivity contribution in [3.63, 3.8) is 0 Å². The number of esters is 2. The van der Waals surface area contributed by atoms with Crippen LogP contribution >= 0.6 is 0 Å². The summed E-state index contributed by atoms with van der Waals surface area (Å²) >= 11 is 0. The number of ether oxygens (including phenoxy) is 2. The lowest BCUT2D eigenvalue weighted by molar-refractivity contribution is -0.151. The fourth-order valence-electron chi connectivity index (χ4n) is 10.0. The molecular formula is C57H105NO4. The Balaban J connectivity index is 3.14. The van der Waals surface area contributed by atoms with Gasteiger partial charge in [-0.15, -0.1) is 0 Å². The van der Waals surface area contributed by atoms with Crippen molar-refractivity contribution >= 4 is 11.9 Å². The molecule has 1 fully saturated rings. The summed E-state index contributed by atoms with van der Waals surface area (Å²) in [6, 6.07) is 0. The van der Waals surface area contributed by atoms with Gasteiger partial charge in [0.2, 0.25) is 0 Å². The first kappa shape index (κ1) is 58.1. The third-order valence-corrected chi connectivity index (χ3v) is 14.2. The van der Waals surface area contributed by atoms with Crippen molar-refractivity contribution in [2.75, 3.05) is 20.2 Å². The van der Waals surface area contributed by atoms with Crippen LogP contribution in [0.1, 0.15) is 253 Å². The average Bonchev–Trinajstić information content (AvgIpc) is 3.62. The predicted molar refractivity (Wildman–Crippen MR) is 270 cm³/mol. The van der Waals surface area contributed by atoms with E-state index in [1.165, 1.54) is 165 Å². The van der Waals surface area contributed by atoms with Crippen molar-refractivity contribution in [1.82, 2.24) is 5.32 Å². The van der Waals surface area contributed by atoms with Crippen molar-refractivity contribution in [2.24, 2.45) is 35.5 Å². The Bertz CT molecular complexity index is 1140. The topological polar surface area (TPSA) is 64.6 Å². The number of hydrogen-bond donors (Lipinski definition) is 1. The Hall–Kier alpha value is -1.88. The van der Waals surface area contributed by atoms with E-state index in [1.54, 1.807) is 0 Å². The molecule has 1 aliphatic rings. The van der Waals surface area contributed by atoms with Gasteiger partial charge in [0.25, 0.3) is 0 Å². The number of hydrogen-bond acceptors (Lipinski definition) is 5. The third-order valence-electron chi connectivity index (χ3n) is 14.2. The van der Waals surface area contributed by atoms with Gasteiger partial charge in [-0.2, -0.15) is 0 Å². The van der Waals surface area contributed by atoms with Gasteiger partial charge in [0, 0.05) is 18.8 Å². The minimum Gasteiger partial charge on any atom is -0.465 e. The quantitative estimate of drug-likeness (QED) is 0.0376. The first-order valence-electron chi connectivity index (χ1n) is 27.1. The molecule has 0 spiro atoms. The molecule has 6 atom stereocenters. The summed E-state index contributed by atoms with van der Waals surface area (Å²) in [5.74, 6) is 2.26. The molecule has 62 heavy (non-hydrogen) atoms. The lowest BCUT2D eigenvalue weighted by Gasteiger charge is -2.27. The Morgan fingerprint density at radius 1 is 0.645 bits per heavy atom. The summed E-state index contributed by atoms with van der Waals surface area (Å²) in [4.78, 5) is 26.5. The van der Waals surface area contributed by atoms with Crippen LogP contribution in [0.15, 0.2) is 36.5 Å². The molecule has 6 unspecified atom stereocenters. The Kier molecular flexibility index (Phi) is 37.0. The first-order chi connectivity index (χ1) is 30.1. The highest BCUT2D eigenvalue weighted by molar-refractivity contribution is 5.70. The second-order valence-electron chi connectivity index (χ2n) is 20.2. The van der Waals surface area contributed by atoms with Crippen LogP contribution in [0.5, 0.6) is 0 Å². The van der Waals surface area contributed by atoms with E-state index in [9.17, 15) is 9.59 Å². The minimum absolute atomic E-state index is 0.0958. The molecule has 0 aromatic heterocycles. The first-order valence-corrected chi connectivity index (χ1v) is 27.1. The molecule has 0 heterocycles. The van der Waals surface area contributed by atoms with Gasteiger partial charge < -0.3 is 14.8 Å². The number of nitrogens with one attached hydrogen (secondary N) is 1. The van der Waals surface area contributed by atoms with E-state index < -0.39 is 0 Å². The van der Waals surface area contributed by atoms with E-state index in [0.717, 1.165) is 57.4 Å². The maximum atomic E-state index is 13.8. The highest BCUT2D eigenvalue weighted by Crippen LogP contribution is 2.40. The van der Waals surface area contributed by atoms with Crippen molar-refractivity contribution in [3.8, 4) is 0 Å². The van der Waals surface area contributed by atoms with Gasteiger partial charge in [-0.25, -0.2) is 0 Å². The van der Waals surface area contributed by atoms with Crippen LogP contribution in [0.3, 0.4) is 0 Å². The van der Waals surface area contributed by atoms with Crippen LogP contribution in [0.25, 0.3) is 0 Å². The zero-order valence-corrected chi connectivity index (χ0v) is 42.5. The molecule has 0 saturated heterocycles. The second-order valence-corrected chi connectivity index (χ2v) is 20.2. The fourth-order valence-corrected chi connectivity index (χ4v) is 10.0. The largest absolute Gasteiger partial charge is 0.465 e. The molecule has 0 aliphatic heterocycles. The summed E-state index contributed by atoms with van der Waals surface area (Å²) in [5, 5.41) is 3.11. The van der Waals surface area contributed by atoms with Gasteiger partial charge in [-0.3, -0.25) is 9.59 Å². The molecule has 1 rings (SSSR count). The van der Waals surface area contributed by atoms with E-state index in [2.05, 4.69) is 52.1 Å². The van der Waals surface area contributed by atoms with Gasteiger partial charge in [-0.05, 0) is 121 Å². The van der Waals surface area contributed by atoms with Crippen molar-refractivity contribution in [3.05, 3.63) is 36.5 Å². The van der Waals surface area contributed by atoms with E-state index in [0.29, 0.717) is 31.3 Å². The normalized spacial score (nSPS) is 18.0. The number of rotatable bonds is 43. The second kappa shape index (κ2) is 39.5. The molecule has 0 aromatic rings. The number of allylic oxidation sites excluding steroid dienone is 4. The summed E-state index contributed by atoms with van der Waals surface area (Å²) in [6.45, 7) is 24.5. The monoisotopic (exact) mass is 868 g/mol. The van der Waals surface area contributed by atoms with E-state index >= 15 is 0 Å². The van der Waals surface area contributed by atoms with Crippen LogP contribution < -0.4 is 5.32 Å². The predicted octanol–water partition coefficient (Wildman–Crippen LogP) is 17.0. The van der Waals surface area contributed by atoms with E-state index in [4.69, 9.17) is 22.6 Å².